The van der Waals surface area contributed by atoms with E-state index in [0.29, 0.717) is 16.0 Å². The van der Waals surface area contributed by atoms with E-state index in [2.05, 4.69) is 45.1 Å². The summed E-state index contributed by atoms with van der Waals surface area (Å²) in [6.45, 7) is 2.57. The highest BCUT2D eigenvalue weighted by atomic mass is 32.2. The molecule has 0 saturated heterocycles. The van der Waals surface area contributed by atoms with Gasteiger partial charge in [0.1, 0.15) is 0 Å². The van der Waals surface area contributed by atoms with E-state index in [9.17, 15) is 9.59 Å². The van der Waals surface area contributed by atoms with E-state index in [-0.39, 0.29) is 24.2 Å². The topological polar surface area (TPSA) is 93.2 Å². The first-order chi connectivity index (χ1) is 15.2. The Balaban J connectivity index is 1.47. The quantitative estimate of drug-likeness (QED) is 0.344. The Bertz CT molecular complexity index is 928. The van der Waals surface area contributed by atoms with Gasteiger partial charge in [0, 0.05) is 12.5 Å². The molecule has 1 aromatic heterocycles. The van der Waals surface area contributed by atoms with Gasteiger partial charge in [0.15, 0.2) is 4.34 Å². The van der Waals surface area contributed by atoms with Crippen LogP contribution in [0.25, 0.3) is 0 Å². The van der Waals surface area contributed by atoms with Gasteiger partial charge in [-0.25, -0.2) is 4.79 Å². The minimum Gasteiger partial charge on any atom is -0.450 e. The molecule has 0 saturated carbocycles. The van der Waals surface area contributed by atoms with Crippen molar-refractivity contribution in [3.63, 3.8) is 0 Å². The number of carbonyl (C=O) groups excluding carboxylic acids is 2. The fourth-order valence-corrected chi connectivity index (χ4v) is 4.57. The van der Waals surface area contributed by atoms with Crippen molar-refractivity contribution < 1.29 is 14.3 Å². The number of amides is 2. The number of thioether (sulfide) groups is 1. The third kappa shape index (κ3) is 7.37. The average Bonchev–Trinajstić information content (AvgIpc) is 3.24. The van der Waals surface area contributed by atoms with Gasteiger partial charge in [0.2, 0.25) is 11.0 Å². The summed E-state index contributed by atoms with van der Waals surface area (Å²) in [5.74, 6) is 0.380. The van der Waals surface area contributed by atoms with Gasteiger partial charge in [-0.3, -0.25) is 10.1 Å². The van der Waals surface area contributed by atoms with Crippen LogP contribution >= 0.6 is 23.1 Å². The molecular formula is C22H24N4O3S2. The van der Waals surface area contributed by atoms with Crippen LogP contribution in [0.5, 0.6) is 0 Å². The molecule has 9 heteroatoms. The van der Waals surface area contributed by atoms with Crippen LogP contribution in [0.3, 0.4) is 0 Å². The van der Waals surface area contributed by atoms with Gasteiger partial charge < -0.3 is 10.1 Å². The van der Waals surface area contributed by atoms with Crippen molar-refractivity contribution >= 4 is 40.2 Å². The van der Waals surface area contributed by atoms with E-state index in [4.69, 9.17) is 4.74 Å². The highest BCUT2D eigenvalue weighted by Crippen LogP contribution is 2.28. The van der Waals surface area contributed by atoms with Gasteiger partial charge >= 0.3 is 6.09 Å². The summed E-state index contributed by atoms with van der Waals surface area (Å²) in [7, 11) is 0. The predicted octanol–water partition coefficient (Wildman–Crippen LogP) is 4.54. The lowest BCUT2D eigenvalue weighted by Crippen LogP contribution is -2.27. The lowest BCUT2D eigenvalue weighted by atomic mass is 9.88. The molecule has 162 valence electrons. The average molecular weight is 457 g/mol. The van der Waals surface area contributed by atoms with E-state index in [1.165, 1.54) is 34.2 Å². The van der Waals surface area contributed by atoms with Gasteiger partial charge in [-0.15, -0.1) is 10.2 Å². The summed E-state index contributed by atoms with van der Waals surface area (Å²) in [5, 5.41) is 13.7. The molecule has 0 atom stereocenters. The Morgan fingerprint density at radius 3 is 2.29 bits per heavy atom. The molecule has 0 aliphatic carbocycles. The molecule has 3 rings (SSSR count). The van der Waals surface area contributed by atoms with Crippen LogP contribution in [-0.2, 0) is 9.53 Å². The molecule has 0 bridgehead atoms. The first kappa shape index (κ1) is 22.8. The highest BCUT2D eigenvalue weighted by molar-refractivity contribution is 8.01. The number of ether oxygens (including phenoxy) is 1. The van der Waals surface area contributed by atoms with E-state index < -0.39 is 6.09 Å². The van der Waals surface area contributed by atoms with E-state index >= 15 is 0 Å². The SMILES string of the molecule is CCOC(=O)Nc1nnc(SCC(=O)NCCC(c2ccccc2)c2ccccc2)s1. The maximum atomic E-state index is 12.3. The van der Waals surface area contributed by atoms with Crippen molar-refractivity contribution in [2.75, 3.05) is 24.2 Å². The Hall–Kier alpha value is -2.91. The highest BCUT2D eigenvalue weighted by Gasteiger charge is 2.15. The third-order valence-corrected chi connectivity index (χ3v) is 6.35. The number of rotatable bonds is 10. The normalized spacial score (nSPS) is 10.6. The van der Waals surface area contributed by atoms with Crippen molar-refractivity contribution in [3.05, 3.63) is 71.8 Å². The second-order valence-corrected chi connectivity index (χ2v) is 8.72. The van der Waals surface area contributed by atoms with Gasteiger partial charge in [-0.2, -0.15) is 0 Å². The van der Waals surface area contributed by atoms with Crippen molar-refractivity contribution in [1.82, 2.24) is 15.5 Å². The van der Waals surface area contributed by atoms with Crippen LogP contribution < -0.4 is 10.6 Å². The lowest BCUT2D eigenvalue weighted by molar-refractivity contribution is -0.118. The Kier molecular flexibility index (Phi) is 8.86. The first-order valence-electron chi connectivity index (χ1n) is 9.92. The van der Waals surface area contributed by atoms with Gasteiger partial charge in [-0.1, -0.05) is 83.8 Å². The van der Waals surface area contributed by atoms with Crippen LogP contribution in [-0.4, -0.2) is 41.1 Å². The van der Waals surface area contributed by atoms with Crippen molar-refractivity contribution in [2.24, 2.45) is 0 Å². The van der Waals surface area contributed by atoms with E-state index in [1.54, 1.807) is 6.92 Å². The lowest BCUT2D eigenvalue weighted by Gasteiger charge is -2.18. The molecular weight excluding hydrogens is 432 g/mol. The fourth-order valence-electron chi connectivity index (χ4n) is 3.00. The summed E-state index contributed by atoms with van der Waals surface area (Å²) < 4.78 is 5.40. The standard InChI is InChI=1S/C22H24N4O3S2/c1-2-29-21(28)24-20-25-26-22(31-20)30-15-19(27)23-14-13-18(16-9-5-3-6-10-16)17-11-7-4-8-12-17/h3-12,18H,2,13-15H2,1H3,(H,23,27)(H,24,25,28). The van der Waals surface area contributed by atoms with Crippen molar-refractivity contribution in [2.45, 2.75) is 23.6 Å². The minimum absolute atomic E-state index is 0.0695. The molecule has 0 aliphatic rings. The molecule has 2 N–H and O–H groups in total. The number of aromatic nitrogens is 2. The molecule has 0 spiro atoms. The molecule has 2 amide bonds. The number of carbonyl (C=O) groups is 2. The van der Waals surface area contributed by atoms with Crippen LogP contribution in [0.1, 0.15) is 30.4 Å². The van der Waals surface area contributed by atoms with Gasteiger partial charge in [-0.05, 0) is 24.5 Å². The largest absolute Gasteiger partial charge is 0.450 e. The number of anilines is 1. The predicted molar refractivity (Wildman–Crippen MR) is 124 cm³/mol. The van der Waals surface area contributed by atoms with Crippen LogP contribution in [0.15, 0.2) is 65.0 Å². The molecule has 0 aliphatic heterocycles. The van der Waals surface area contributed by atoms with Gasteiger partial charge in [0.25, 0.3) is 0 Å². The summed E-state index contributed by atoms with van der Waals surface area (Å²) in [6.07, 6.45) is 0.232. The molecule has 0 fully saturated rings. The second kappa shape index (κ2) is 12.1. The maximum Gasteiger partial charge on any atom is 0.413 e. The molecule has 0 unspecified atom stereocenters. The van der Waals surface area contributed by atoms with E-state index in [0.717, 1.165) is 6.42 Å². The van der Waals surface area contributed by atoms with Crippen molar-refractivity contribution in [1.29, 1.82) is 0 Å². The van der Waals surface area contributed by atoms with Crippen LogP contribution in [0, 0.1) is 0 Å². The monoisotopic (exact) mass is 456 g/mol. The molecule has 0 radical (unpaired) electrons. The molecule has 31 heavy (non-hydrogen) atoms. The van der Waals surface area contributed by atoms with Crippen LogP contribution in [0.4, 0.5) is 9.93 Å². The molecule has 7 nitrogen and oxygen atoms in total. The zero-order valence-electron chi connectivity index (χ0n) is 17.1. The third-order valence-electron chi connectivity index (χ3n) is 4.38. The molecule has 1 heterocycles. The zero-order valence-corrected chi connectivity index (χ0v) is 18.7. The van der Waals surface area contributed by atoms with Crippen molar-refractivity contribution in [3.8, 4) is 0 Å². The Morgan fingerprint density at radius 2 is 1.68 bits per heavy atom. The zero-order chi connectivity index (χ0) is 21.9. The number of hydrogen-bond donors (Lipinski definition) is 2. The summed E-state index contributed by atoms with van der Waals surface area (Å²) in [6, 6.07) is 20.6. The Morgan fingerprint density at radius 1 is 1.03 bits per heavy atom. The number of benzene rings is 2. The number of nitrogens with one attached hydrogen (secondary N) is 2. The fraction of sp³-hybridized carbons (Fsp3) is 0.273. The van der Waals surface area contributed by atoms with E-state index in [1.807, 2.05) is 36.4 Å². The summed E-state index contributed by atoms with van der Waals surface area (Å²) >= 11 is 2.48. The Labute approximate surface area is 189 Å². The van der Waals surface area contributed by atoms with Gasteiger partial charge in [0.05, 0.1) is 12.4 Å². The maximum absolute atomic E-state index is 12.3. The smallest absolute Gasteiger partial charge is 0.413 e. The summed E-state index contributed by atoms with van der Waals surface area (Å²) in [4.78, 5) is 23.7. The second-order valence-electron chi connectivity index (χ2n) is 6.52. The molecule has 2 aromatic carbocycles. The number of hydrogen-bond acceptors (Lipinski definition) is 7. The summed E-state index contributed by atoms with van der Waals surface area (Å²) in [5.41, 5.74) is 2.46. The minimum atomic E-state index is -0.570. The molecule has 3 aromatic rings. The number of nitrogens with zero attached hydrogens (tertiary/aromatic N) is 2. The van der Waals surface area contributed by atoms with Crippen LogP contribution in [0.2, 0.25) is 0 Å². The first-order valence-corrected chi connectivity index (χ1v) is 11.7.